The van der Waals surface area contributed by atoms with Crippen LogP contribution in [0.15, 0.2) is 51.6 Å². The molecule has 5 nitrogen and oxygen atoms in total. The molecule has 2 aromatic carbocycles. The van der Waals surface area contributed by atoms with Crippen LogP contribution in [0.3, 0.4) is 0 Å². The Balaban J connectivity index is 1.76. The number of fused-ring (bicyclic) bond motifs is 1. The van der Waals surface area contributed by atoms with Crippen molar-refractivity contribution in [2.24, 2.45) is 0 Å². The van der Waals surface area contributed by atoms with Crippen molar-refractivity contribution in [3.05, 3.63) is 63.8 Å². The summed E-state index contributed by atoms with van der Waals surface area (Å²) in [5.74, 6) is 0.208. The number of para-hydroxylation sites is 1. The van der Waals surface area contributed by atoms with E-state index in [0.717, 1.165) is 10.9 Å². The lowest BCUT2D eigenvalue weighted by Gasteiger charge is -2.11. The number of alkyl halides is 3. The fourth-order valence-electron chi connectivity index (χ4n) is 3.12. The maximum Gasteiger partial charge on any atom is 0.401 e. The van der Waals surface area contributed by atoms with E-state index in [-0.39, 0.29) is 25.5 Å². The molecule has 1 aromatic heterocycles. The topological polar surface area (TPSA) is 60.7 Å². The summed E-state index contributed by atoms with van der Waals surface area (Å²) in [6, 6.07) is 10.7. The third-order valence-electron chi connectivity index (χ3n) is 4.43. The van der Waals surface area contributed by atoms with Gasteiger partial charge in [0.05, 0.1) is 25.8 Å². The van der Waals surface area contributed by atoms with Crippen LogP contribution in [0.1, 0.15) is 23.6 Å². The summed E-state index contributed by atoms with van der Waals surface area (Å²) in [6.45, 7) is 1.13. The molecular formula is C22H21BrF3NO4. The number of benzene rings is 2. The second kappa shape index (κ2) is 10.2. The highest BCUT2D eigenvalue weighted by atomic mass is 79.9. The zero-order valence-corrected chi connectivity index (χ0v) is 18.3. The van der Waals surface area contributed by atoms with Gasteiger partial charge in [-0.1, -0.05) is 34.1 Å². The summed E-state index contributed by atoms with van der Waals surface area (Å²) in [6.07, 6.45) is -2.67. The number of ether oxygens (including phenoxy) is 2. The first kappa shape index (κ1) is 23.1. The number of furan rings is 1. The number of halogens is 4. The minimum absolute atomic E-state index is 0.00559. The maximum absolute atomic E-state index is 12.4. The molecule has 0 bridgehead atoms. The Bertz CT molecular complexity index is 1050. The predicted molar refractivity (Wildman–Crippen MR) is 113 cm³/mol. The average Bonchev–Trinajstić information content (AvgIpc) is 3.09. The Morgan fingerprint density at radius 2 is 1.94 bits per heavy atom. The highest BCUT2D eigenvalue weighted by Gasteiger charge is 2.26. The van der Waals surface area contributed by atoms with Crippen LogP contribution in [0.4, 0.5) is 13.2 Å². The van der Waals surface area contributed by atoms with Crippen molar-refractivity contribution in [1.82, 2.24) is 5.32 Å². The summed E-state index contributed by atoms with van der Waals surface area (Å²) in [5, 5.41) is 3.12. The Labute approximate surface area is 185 Å². The summed E-state index contributed by atoms with van der Waals surface area (Å²) in [5.41, 5.74) is 2.53. The predicted octanol–water partition coefficient (Wildman–Crippen LogP) is 5.53. The Kier molecular flexibility index (Phi) is 7.61. The van der Waals surface area contributed by atoms with Gasteiger partial charge in [0.2, 0.25) is 0 Å². The lowest BCUT2D eigenvalue weighted by molar-refractivity contribution is -0.142. The molecule has 0 aliphatic heterocycles. The highest BCUT2D eigenvalue weighted by Crippen LogP contribution is 2.30. The fourth-order valence-corrected chi connectivity index (χ4v) is 3.62. The molecule has 1 heterocycles. The molecule has 0 fully saturated rings. The number of rotatable bonds is 9. The van der Waals surface area contributed by atoms with Gasteiger partial charge in [-0.15, -0.1) is 0 Å². The second-order valence-corrected chi connectivity index (χ2v) is 7.72. The van der Waals surface area contributed by atoms with E-state index in [4.69, 9.17) is 13.9 Å². The molecule has 0 radical (unpaired) electrons. The third-order valence-corrected chi connectivity index (χ3v) is 4.89. The molecule has 166 valence electrons. The SMILES string of the molecule is CCOC(=O)Cc1ccccc1OCc1coc2c(CNCC(F)(F)F)cc(Br)cc12. The number of hydrogen-bond donors (Lipinski definition) is 1. The molecule has 3 rings (SSSR count). The van der Waals surface area contributed by atoms with E-state index in [1.54, 1.807) is 31.2 Å². The van der Waals surface area contributed by atoms with Crippen LogP contribution in [0, 0.1) is 0 Å². The fraction of sp³-hybridized carbons (Fsp3) is 0.318. The van der Waals surface area contributed by atoms with Gasteiger partial charge < -0.3 is 19.2 Å². The van der Waals surface area contributed by atoms with Crippen LogP contribution in [-0.2, 0) is 29.1 Å². The van der Waals surface area contributed by atoms with Crippen molar-refractivity contribution in [3.8, 4) is 5.75 Å². The molecule has 0 unspecified atom stereocenters. The molecule has 3 aromatic rings. The number of hydrogen-bond acceptors (Lipinski definition) is 5. The van der Waals surface area contributed by atoms with Crippen molar-refractivity contribution in [1.29, 1.82) is 0 Å². The zero-order valence-electron chi connectivity index (χ0n) is 16.7. The Hall–Kier alpha value is -2.52. The Morgan fingerprint density at radius 1 is 1.16 bits per heavy atom. The number of carbonyl (C=O) groups is 1. The largest absolute Gasteiger partial charge is 0.488 e. The lowest BCUT2D eigenvalue weighted by Crippen LogP contribution is -2.28. The van der Waals surface area contributed by atoms with Crippen molar-refractivity contribution in [2.45, 2.75) is 32.7 Å². The van der Waals surface area contributed by atoms with Crippen LogP contribution in [0.5, 0.6) is 5.75 Å². The van der Waals surface area contributed by atoms with Crippen molar-refractivity contribution in [3.63, 3.8) is 0 Å². The minimum atomic E-state index is -4.29. The molecule has 0 saturated heterocycles. The van der Waals surface area contributed by atoms with Gasteiger partial charge in [-0.05, 0) is 25.1 Å². The first-order valence-corrected chi connectivity index (χ1v) is 10.4. The van der Waals surface area contributed by atoms with E-state index in [1.807, 2.05) is 12.1 Å². The van der Waals surface area contributed by atoms with Crippen LogP contribution in [-0.4, -0.2) is 25.3 Å². The smallest absolute Gasteiger partial charge is 0.401 e. The molecule has 0 amide bonds. The van der Waals surface area contributed by atoms with E-state index in [1.165, 1.54) is 6.26 Å². The quantitative estimate of drug-likeness (QED) is 0.392. The molecule has 9 heteroatoms. The van der Waals surface area contributed by atoms with Gasteiger partial charge in [-0.3, -0.25) is 4.79 Å². The summed E-state index contributed by atoms with van der Waals surface area (Å²) in [4.78, 5) is 11.8. The van der Waals surface area contributed by atoms with Crippen molar-refractivity contribution < 1.29 is 31.9 Å². The molecule has 0 aliphatic rings. The summed E-state index contributed by atoms with van der Waals surface area (Å²) < 4.78 is 54.6. The van der Waals surface area contributed by atoms with Gasteiger partial charge in [0.1, 0.15) is 17.9 Å². The molecular weight excluding hydrogens is 479 g/mol. The average molecular weight is 500 g/mol. The van der Waals surface area contributed by atoms with Gasteiger partial charge in [-0.2, -0.15) is 13.2 Å². The van der Waals surface area contributed by atoms with Gasteiger partial charge in [0.15, 0.2) is 0 Å². The van der Waals surface area contributed by atoms with Crippen LogP contribution < -0.4 is 10.1 Å². The van der Waals surface area contributed by atoms with Crippen LogP contribution in [0.25, 0.3) is 11.0 Å². The summed E-state index contributed by atoms with van der Waals surface area (Å²) >= 11 is 3.40. The highest BCUT2D eigenvalue weighted by molar-refractivity contribution is 9.10. The third kappa shape index (κ3) is 6.48. The van der Waals surface area contributed by atoms with Crippen molar-refractivity contribution >= 4 is 32.9 Å². The van der Waals surface area contributed by atoms with E-state index in [9.17, 15) is 18.0 Å². The van der Waals surface area contributed by atoms with Crippen molar-refractivity contribution in [2.75, 3.05) is 13.2 Å². The summed E-state index contributed by atoms with van der Waals surface area (Å²) in [7, 11) is 0. The van der Waals surface area contributed by atoms with Gasteiger partial charge >= 0.3 is 12.1 Å². The number of nitrogens with one attached hydrogen (secondary N) is 1. The first-order chi connectivity index (χ1) is 14.8. The van der Waals surface area contributed by atoms with Gasteiger partial charge in [-0.25, -0.2) is 0 Å². The first-order valence-electron chi connectivity index (χ1n) is 9.59. The minimum Gasteiger partial charge on any atom is -0.488 e. The van der Waals surface area contributed by atoms with Crippen LogP contribution >= 0.6 is 15.9 Å². The molecule has 0 saturated carbocycles. The molecule has 31 heavy (non-hydrogen) atoms. The molecule has 0 aliphatic carbocycles. The number of carbonyl (C=O) groups excluding carboxylic acids is 1. The maximum atomic E-state index is 12.4. The molecule has 0 atom stereocenters. The van der Waals surface area contributed by atoms with Crippen LogP contribution in [0.2, 0.25) is 0 Å². The monoisotopic (exact) mass is 499 g/mol. The van der Waals surface area contributed by atoms with E-state index in [2.05, 4.69) is 21.2 Å². The second-order valence-electron chi connectivity index (χ2n) is 6.80. The Morgan fingerprint density at radius 3 is 2.68 bits per heavy atom. The number of esters is 1. The van der Waals surface area contributed by atoms with E-state index < -0.39 is 12.7 Å². The standard InChI is InChI=1S/C22H21BrF3NO4/c1-2-29-20(28)8-14-5-3-4-6-19(14)30-11-16-12-31-21-15(7-17(23)9-18(16)21)10-27-13-22(24,25)26/h3-7,9,12,27H,2,8,10-11,13H2,1H3. The van der Waals surface area contributed by atoms with E-state index in [0.29, 0.717) is 33.5 Å². The molecule has 1 N–H and O–H groups in total. The normalized spacial score (nSPS) is 11.6. The van der Waals surface area contributed by atoms with Gasteiger partial charge in [0, 0.05) is 33.1 Å². The molecule has 0 spiro atoms. The zero-order chi connectivity index (χ0) is 22.4. The van der Waals surface area contributed by atoms with E-state index >= 15 is 0 Å². The lowest BCUT2D eigenvalue weighted by atomic mass is 10.1. The van der Waals surface area contributed by atoms with Gasteiger partial charge in [0.25, 0.3) is 0 Å².